The first-order valence-electron chi connectivity index (χ1n) is 10.5. The van der Waals surface area contributed by atoms with Gasteiger partial charge in [0.1, 0.15) is 5.01 Å². The van der Waals surface area contributed by atoms with Gasteiger partial charge in [0.05, 0.1) is 25.5 Å². The fourth-order valence-electron chi connectivity index (χ4n) is 3.26. The molecule has 0 saturated carbocycles. The second kappa shape index (κ2) is 13.2. The van der Waals surface area contributed by atoms with Crippen LogP contribution in [-0.4, -0.2) is 67.8 Å². The van der Waals surface area contributed by atoms with Crippen molar-refractivity contribution in [3.05, 3.63) is 40.9 Å². The largest absolute Gasteiger partial charge is 0.379 e. The molecule has 0 aliphatic carbocycles. The predicted molar refractivity (Wildman–Crippen MR) is 137 cm³/mol. The van der Waals surface area contributed by atoms with Gasteiger partial charge in [0.15, 0.2) is 5.96 Å². The number of rotatable bonds is 8. The van der Waals surface area contributed by atoms with Crippen LogP contribution in [0, 0.1) is 6.92 Å². The summed E-state index contributed by atoms with van der Waals surface area (Å²) in [6.45, 7) is 12.5. The number of nitrogens with one attached hydrogen (secondary N) is 2. The van der Waals surface area contributed by atoms with E-state index in [0.29, 0.717) is 6.04 Å². The number of thiazole rings is 1. The molecule has 0 spiro atoms. The van der Waals surface area contributed by atoms with Gasteiger partial charge in [-0.3, -0.25) is 9.89 Å². The molecule has 0 bridgehead atoms. The van der Waals surface area contributed by atoms with Crippen LogP contribution in [0.2, 0.25) is 0 Å². The van der Waals surface area contributed by atoms with E-state index in [4.69, 9.17) is 14.7 Å². The SMILES string of the molecule is CCNC(=NCC(C)N1CCOCC1)NCCc1csc(-c2ccc(C)cc2)n1.I. The lowest BCUT2D eigenvalue weighted by molar-refractivity contribution is 0.0220. The molecule has 2 aromatic rings. The van der Waals surface area contributed by atoms with Gasteiger partial charge in [0.25, 0.3) is 0 Å². The Morgan fingerprint density at radius 2 is 1.97 bits per heavy atom. The van der Waals surface area contributed by atoms with E-state index in [1.54, 1.807) is 11.3 Å². The van der Waals surface area contributed by atoms with Crippen molar-refractivity contribution in [1.29, 1.82) is 0 Å². The maximum Gasteiger partial charge on any atom is 0.191 e. The molecule has 2 heterocycles. The summed E-state index contributed by atoms with van der Waals surface area (Å²) in [6.07, 6.45) is 0.881. The second-order valence-corrected chi connectivity index (χ2v) is 8.26. The van der Waals surface area contributed by atoms with Crippen molar-refractivity contribution in [2.75, 3.05) is 45.9 Å². The molecule has 1 fully saturated rings. The first-order chi connectivity index (χ1) is 14.2. The van der Waals surface area contributed by atoms with Crippen molar-refractivity contribution in [2.24, 2.45) is 4.99 Å². The Kier molecular flexibility index (Phi) is 11.0. The van der Waals surface area contributed by atoms with Gasteiger partial charge in [-0.05, 0) is 20.8 Å². The molecule has 2 N–H and O–H groups in total. The highest BCUT2D eigenvalue weighted by Gasteiger charge is 2.16. The van der Waals surface area contributed by atoms with Gasteiger partial charge in [-0.25, -0.2) is 4.98 Å². The number of aliphatic imine (C=N–C) groups is 1. The molecule has 1 aliphatic rings. The average Bonchev–Trinajstić information content (AvgIpc) is 3.22. The zero-order valence-electron chi connectivity index (χ0n) is 18.2. The maximum atomic E-state index is 5.44. The molecule has 1 aliphatic heterocycles. The Morgan fingerprint density at radius 1 is 1.23 bits per heavy atom. The van der Waals surface area contributed by atoms with E-state index < -0.39 is 0 Å². The zero-order valence-corrected chi connectivity index (χ0v) is 21.3. The molecule has 1 aromatic heterocycles. The summed E-state index contributed by atoms with van der Waals surface area (Å²) in [5, 5.41) is 10.0. The normalized spacial score (nSPS) is 16.0. The van der Waals surface area contributed by atoms with E-state index >= 15 is 0 Å². The highest BCUT2D eigenvalue weighted by molar-refractivity contribution is 14.0. The number of ether oxygens (including phenoxy) is 1. The lowest BCUT2D eigenvalue weighted by Gasteiger charge is -2.31. The topological polar surface area (TPSA) is 61.8 Å². The summed E-state index contributed by atoms with van der Waals surface area (Å²) in [4.78, 5) is 12.0. The summed E-state index contributed by atoms with van der Waals surface area (Å²) in [5.41, 5.74) is 3.58. The Bertz CT molecular complexity index is 774. The van der Waals surface area contributed by atoms with E-state index in [1.165, 1.54) is 11.1 Å². The van der Waals surface area contributed by atoms with Crippen LogP contribution in [0.3, 0.4) is 0 Å². The maximum absolute atomic E-state index is 5.44. The monoisotopic (exact) mass is 543 g/mol. The quantitative estimate of drug-likeness (QED) is 0.303. The first kappa shape index (κ1) is 25.0. The summed E-state index contributed by atoms with van der Waals surface area (Å²) >= 11 is 1.71. The van der Waals surface area contributed by atoms with E-state index in [9.17, 15) is 0 Å². The Morgan fingerprint density at radius 3 is 2.67 bits per heavy atom. The molecule has 6 nitrogen and oxygen atoms in total. The number of halogens is 1. The number of hydrogen-bond acceptors (Lipinski definition) is 5. The fraction of sp³-hybridized carbons (Fsp3) is 0.545. The molecule has 1 atom stereocenters. The van der Waals surface area contributed by atoms with Crippen LogP contribution >= 0.6 is 35.3 Å². The van der Waals surface area contributed by atoms with Crippen molar-refractivity contribution in [2.45, 2.75) is 33.2 Å². The van der Waals surface area contributed by atoms with Crippen LogP contribution < -0.4 is 10.6 Å². The minimum atomic E-state index is 0. The second-order valence-electron chi connectivity index (χ2n) is 7.40. The Labute approximate surface area is 201 Å². The Balaban J connectivity index is 0.00000320. The molecule has 0 radical (unpaired) electrons. The zero-order chi connectivity index (χ0) is 20.5. The third-order valence-corrected chi connectivity index (χ3v) is 5.99. The molecule has 166 valence electrons. The van der Waals surface area contributed by atoms with Crippen LogP contribution in [0.1, 0.15) is 25.1 Å². The molecule has 1 unspecified atom stereocenters. The molecular formula is C22H34IN5OS. The summed E-state index contributed by atoms with van der Waals surface area (Å²) < 4.78 is 5.44. The first-order valence-corrected chi connectivity index (χ1v) is 11.4. The van der Waals surface area contributed by atoms with Crippen molar-refractivity contribution in [3.8, 4) is 10.6 Å². The van der Waals surface area contributed by atoms with Crippen LogP contribution in [0.4, 0.5) is 0 Å². The fourth-order valence-corrected chi connectivity index (χ4v) is 4.12. The number of benzene rings is 1. The van der Waals surface area contributed by atoms with Gasteiger partial charge in [-0.2, -0.15) is 0 Å². The molecule has 1 saturated heterocycles. The number of aryl methyl sites for hydroxylation is 1. The van der Waals surface area contributed by atoms with Gasteiger partial charge < -0.3 is 15.4 Å². The van der Waals surface area contributed by atoms with Gasteiger partial charge in [0.2, 0.25) is 0 Å². The number of morpholine rings is 1. The van der Waals surface area contributed by atoms with Crippen LogP contribution in [0.15, 0.2) is 34.6 Å². The van der Waals surface area contributed by atoms with Crippen LogP contribution in [0.5, 0.6) is 0 Å². The van der Waals surface area contributed by atoms with Crippen LogP contribution in [-0.2, 0) is 11.2 Å². The van der Waals surface area contributed by atoms with Gasteiger partial charge in [-0.15, -0.1) is 35.3 Å². The summed E-state index contributed by atoms with van der Waals surface area (Å²) in [6, 6.07) is 8.97. The average molecular weight is 544 g/mol. The van der Waals surface area contributed by atoms with E-state index in [2.05, 4.69) is 66.0 Å². The van der Waals surface area contributed by atoms with Crippen molar-refractivity contribution in [3.63, 3.8) is 0 Å². The molecule has 8 heteroatoms. The summed E-state index contributed by atoms with van der Waals surface area (Å²) in [5.74, 6) is 0.876. The van der Waals surface area contributed by atoms with Crippen molar-refractivity contribution >= 4 is 41.3 Å². The van der Waals surface area contributed by atoms with E-state index in [-0.39, 0.29) is 24.0 Å². The van der Waals surface area contributed by atoms with E-state index in [0.717, 1.165) is 69.0 Å². The highest BCUT2D eigenvalue weighted by Crippen LogP contribution is 2.24. The number of guanidine groups is 1. The minimum absolute atomic E-state index is 0. The van der Waals surface area contributed by atoms with Crippen LogP contribution in [0.25, 0.3) is 10.6 Å². The van der Waals surface area contributed by atoms with Gasteiger partial charge in [-0.1, -0.05) is 29.8 Å². The van der Waals surface area contributed by atoms with E-state index in [1.807, 2.05) is 0 Å². The smallest absolute Gasteiger partial charge is 0.191 e. The van der Waals surface area contributed by atoms with Crippen molar-refractivity contribution < 1.29 is 4.74 Å². The molecule has 0 amide bonds. The van der Waals surface area contributed by atoms with Gasteiger partial charge in [0, 0.05) is 49.6 Å². The summed E-state index contributed by atoms with van der Waals surface area (Å²) in [7, 11) is 0. The third kappa shape index (κ3) is 7.79. The minimum Gasteiger partial charge on any atom is -0.379 e. The predicted octanol–water partition coefficient (Wildman–Crippen LogP) is 3.55. The standard InChI is InChI=1S/C22H33N5OS.HI/c1-4-23-22(25-15-18(3)27-11-13-28-14-12-27)24-10-9-20-16-29-21(26-20)19-7-5-17(2)6-8-19;/h5-8,16,18H,4,9-15H2,1-3H3,(H2,23,24,25);1H. The number of hydrogen-bond donors (Lipinski definition) is 2. The third-order valence-electron chi connectivity index (χ3n) is 5.05. The van der Waals surface area contributed by atoms with Crippen molar-refractivity contribution in [1.82, 2.24) is 20.5 Å². The molecular weight excluding hydrogens is 509 g/mol. The molecule has 1 aromatic carbocycles. The number of aromatic nitrogens is 1. The van der Waals surface area contributed by atoms with Gasteiger partial charge >= 0.3 is 0 Å². The number of nitrogens with zero attached hydrogens (tertiary/aromatic N) is 3. The lowest BCUT2D eigenvalue weighted by atomic mass is 10.2. The Hall–Kier alpha value is -1.23. The molecule has 30 heavy (non-hydrogen) atoms. The molecule has 3 rings (SSSR count). The lowest BCUT2D eigenvalue weighted by Crippen LogP contribution is -2.44. The highest BCUT2D eigenvalue weighted by atomic mass is 127.